The van der Waals surface area contributed by atoms with Gasteiger partial charge in [0.2, 0.25) is 0 Å². The summed E-state index contributed by atoms with van der Waals surface area (Å²) in [7, 11) is 0. The highest BCUT2D eigenvalue weighted by molar-refractivity contribution is 5.69. The summed E-state index contributed by atoms with van der Waals surface area (Å²) < 4.78 is 5.52. The van der Waals surface area contributed by atoms with Crippen LogP contribution in [0.5, 0.6) is 0 Å². The second-order valence-electron chi connectivity index (χ2n) is 7.01. The number of carboxylic acid groups (broad SMARTS) is 1. The van der Waals surface area contributed by atoms with E-state index in [0.29, 0.717) is 6.04 Å². The van der Waals surface area contributed by atoms with Crippen LogP contribution >= 0.6 is 0 Å². The number of nitrogens with zero attached hydrogens (tertiary/aromatic N) is 3. The standard InChI is InChI=1S/C20H27N3O3/c1-3-23(14-20(24)25)17-8-10-22(11-9-17)13-18-12-19(21-26-18)16-6-4-15(2)5-7-16/h4-7,12,17H,3,8-11,13-14H2,1-2H3,(H,24,25). The van der Waals surface area contributed by atoms with E-state index in [0.717, 1.165) is 56.0 Å². The highest BCUT2D eigenvalue weighted by atomic mass is 16.5. The molecule has 1 aliphatic heterocycles. The van der Waals surface area contributed by atoms with Crippen LogP contribution in [0.15, 0.2) is 34.9 Å². The number of hydrogen-bond donors (Lipinski definition) is 1. The van der Waals surface area contributed by atoms with Gasteiger partial charge < -0.3 is 9.63 Å². The van der Waals surface area contributed by atoms with Gasteiger partial charge in [0.05, 0.1) is 13.1 Å². The zero-order valence-electron chi connectivity index (χ0n) is 15.5. The van der Waals surface area contributed by atoms with Crippen molar-refractivity contribution in [3.8, 4) is 11.3 Å². The Balaban J connectivity index is 1.53. The molecule has 1 aliphatic rings. The minimum absolute atomic E-state index is 0.128. The summed E-state index contributed by atoms with van der Waals surface area (Å²) in [5, 5.41) is 13.2. The molecule has 6 heteroatoms. The first-order chi connectivity index (χ1) is 12.5. The highest BCUT2D eigenvalue weighted by Gasteiger charge is 2.25. The molecule has 0 radical (unpaired) electrons. The third-order valence-electron chi connectivity index (χ3n) is 5.10. The third-order valence-corrected chi connectivity index (χ3v) is 5.10. The largest absolute Gasteiger partial charge is 0.480 e. The molecule has 1 aromatic heterocycles. The van der Waals surface area contributed by atoms with Crippen molar-refractivity contribution in [2.45, 2.75) is 39.3 Å². The van der Waals surface area contributed by atoms with Gasteiger partial charge in [0.15, 0.2) is 5.76 Å². The number of aromatic nitrogens is 1. The van der Waals surface area contributed by atoms with Crippen LogP contribution in [0, 0.1) is 6.92 Å². The molecule has 0 aliphatic carbocycles. The van der Waals surface area contributed by atoms with E-state index in [-0.39, 0.29) is 6.54 Å². The van der Waals surface area contributed by atoms with Crippen molar-refractivity contribution in [3.63, 3.8) is 0 Å². The molecule has 1 saturated heterocycles. The predicted molar refractivity (Wildman–Crippen MR) is 99.9 cm³/mol. The number of aryl methyl sites for hydroxylation is 1. The van der Waals surface area contributed by atoms with Crippen molar-refractivity contribution in [3.05, 3.63) is 41.7 Å². The summed E-state index contributed by atoms with van der Waals surface area (Å²) in [4.78, 5) is 15.4. The van der Waals surface area contributed by atoms with Gasteiger partial charge in [-0.3, -0.25) is 14.6 Å². The van der Waals surface area contributed by atoms with Crippen LogP contribution in [-0.2, 0) is 11.3 Å². The van der Waals surface area contributed by atoms with Gasteiger partial charge in [0.25, 0.3) is 0 Å². The van der Waals surface area contributed by atoms with E-state index in [1.165, 1.54) is 5.56 Å². The molecule has 1 fully saturated rings. The molecule has 0 saturated carbocycles. The van der Waals surface area contributed by atoms with Crippen LogP contribution < -0.4 is 0 Å². The lowest BCUT2D eigenvalue weighted by atomic mass is 10.0. The third kappa shape index (κ3) is 4.71. The molecule has 0 amide bonds. The van der Waals surface area contributed by atoms with Crippen molar-refractivity contribution in [1.29, 1.82) is 0 Å². The average Bonchev–Trinajstić information content (AvgIpc) is 3.09. The van der Waals surface area contributed by atoms with Crippen LogP contribution in [0.3, 0.4) is 0 Å². The number of aliphatic carboxylic acids is 1. The van der Waals surface area contributed by atoms with Crippen molar-refractivity contribution in [2.75, 3.05) is 26.2 Å². The molecule has 0 unspecified atom stereocenters. The number of carboxylic acids is 1. The summed E-state index contributed by atoms with van der Waals surface area (Å²) >= 11 is 0. The summed E-state index contributed by atoms with van der Waals surface area (Å²) in [6.45, 7) is 7.63. The smallest absolute Gasteiger partial charge is 0.317 e. The molecule has 1 aromatic carbocycles. The quantitative estimate of drug-likeness (QED) is 0.821. The Labute approximate surface area is 154 Å². The fourth-order valence-electron chi connectivity index (χ4n) is 3.58. The van der Waals surface area contributed by atoms with Crippen molar-refractivity contribution in [1.82, 2.24) is 15.0 Å². The Morgan fingerprint density at radius 2 is 2.00 bits per heavy atom. The molecule has 1 N–H and O–H groups in total. The number of rotatable bonds is 7. The fourth-order valence-corrected chi connectivity index (χ4v) is 3.58. The fraction of sp³-hybridized carbons (Fsp3) is 0.500. The molecule has 2 heterocycles. The van der Waals surface area contributed by atoms with Gasteiger partial charge in [-0.1, -0.05) is 41.9 Å². The number of hydrogen-bond acceptors (Lipinski definition) is 5. The number of likely N-dealkylation sites (N-methyl/N-ethyl adjacent to an activating group) is 1. The van der Waals surface area contributed by atoms with Gasteiger partial charge in [-0.25, -0.2) is 0 Å². The first kappa shape index (κ1) is 18.6. The Kier molecular flexibility index (Phi) is 6.06. The number of piperidine rings is 1. The lowest BCUT2D eigenvalue weighted by Gasteiger charge is -2.37. The maximum Gasteiger partial charge on any atom is 0.317 e. The van der Waals surface area contributed by atoms with E-state index >= 15 is 0 Å². The van der Waals surface area contributed by atoms with E-state index in [1.54, 1.807) is 0 Å². The maximum absolute atomic E-state index is 11.0. The molecule has 0 atom stereocenters. The normalized spacial score (nSPS) is 16.3. The van der Waals surface area contributed by atoms with Gasteiger partial charge in [-0.2, -0.15) is 0 Å². The molecule has 6 nitrogen and oxygen atoms in total. The second-order valence-corrected chi connectivity index (χ2v) is 7.01. The van der Waals surface area contributed by atoms with Gasteiger partial charge >= 0.3 is 5.97 Å². The predicted octanol–water partition coefficient (Wildman–Crippen LogP) is 3.02. The first-order valence-corrected chi connectivity index (χ1v) is 9.26. The molecule has 140 valence electrons. The molecule has 0 bridgehead atoms. The van der Waals surface area contributed by atoms with E-state index < -0.39 is 5.97 Å². The zero-order chi connectivity index (χ0) is 18.5. The van der Waals surface area contributed by atoms with Gasteiger partial charge in [-0.05, 0) is 26.3 Å². The topological polar surface area (TPSA) is 69.8 Å². The summed E-state index contributed by atoms with van der Waals surface area (Å²) in [6, 6.07) is 10.6. The highest BCUT2D eigenvalue weighted by Crippen LogP contribution is 2.22. The zero-order valence-corrected chi connectivity index (χ0v) is 15.5. The molecular formula is C20H27N3O3. The number of likely N-dealkylation sites (tertiary alicyclic amines) is 1. The van der Waals surface area contributed by atoms with Gasteiger partial charge in [0, 0.05) is 30.8 Å². The van der Waals surface area contributed by atoms with Crippen LogP contribution in [-0.4, -0.2) is 58.3 Å². The number of carbonyl (C=O) groups is 1. The Morgan fingerprint density at radius 1 is 1.31 bits per heavy atom. The molecular weight excluding hydrogens is 330 g/mol. The first-order valence-electron chi connectivity index (χ1n) is 9.26. The van der Waals surface area contributed by atoms with Gasteiger partial charge in [0.1, 0.15) is 5.69 Å². The lowest BCUT2D eigenvalue weighted by Crippen LogP contribution is -2.46. The van der Waals surface area contributed by atoms with Crippen LogP contribution in [0.25, 0.3) is 11.3 Å². The Hall–Kier alpha value is -2.18. The monoisotopic (exact) mass is 357 g/mol. The van der Waals surface area contributed by atoms with Gasteiger partial charge in [-0.15, -0.1) is 0 Å². The summed E-state index contributed by atoms with van der Waals surface area (Å²) in [6.07, 6.45) is 1.97. The number of benzene rings is 1. The minimum atomic E-state index is -0.750. The Bertz CT molecular complexity index is 718. The van der Waals surface area contributed by atoms with Crippen LogP contribution in [0.4, 0.5) is 0 Å². The molecule has 0 spiro atoms. The van der Waals surface area contributed by atoms with Crippen molar-refractivity contribution in [2.24, 2.45) is 0 Å². The minimum Gasteiger partial charge on any atom is -0.480 e. The van der Waals surface area contributed by atoms with Crippen LogP contribution in [0.1, 0.15) is 31.1 Å². The van der Waals surface area contributed by atoms with E-state index in [4.69, 9.17) is 9.63 Å². The van der Waals surface area contributed by atoms with Crippen LogP contribution in [0.2, 0.25) is 0 Å². The maximum atomic E-state index is 11.0. The summed E-state index contributed by atoms with van der Waals surface area (Å²) in [5.74, 6) is 0.122. The second kappa shape index (κ2) is 8.47. The van der Waals surface area contributed by atoms with Crippen molar-refractivity contribution < 1.29 is 14.4 Å². The van der Waals surface area contributed by atoms with Crippen molar-refractivity contribution >= 4 is 5.97 Å². The molecule has 26 heavy (non-hydrogen) atoms. The van der Waals surface area contributed by atoms with E-state index in [9.17, 15) is 4.79 Å². The summed E-state index contributed by atoms with van der Waals surface area (Å²) in [5.41, 5.74) is 3.16. The van der Waals surface area contributed by atoms with E-state index in [2.05, 4.69) is 46.1 Å². The Morgan fingerprint density at radius 3 is 2.62 bits per heavy atom. The molecule has 3 rings (SSSR count). The molecule has 2 aromatic rings. The van der Waals surface area contributed by atoms with E-state index in [1.807, 2.05) is 13.0 Å². The lowest BCUT2D eigenvalue weighted by molar-refractivity contribution is -0.139. The average molecular weight is 357 g/mol. The SMILES string of the molecule is CCN(CC(=O)O)C1CCN(Cc2cc(-c3ccc(C)cc3)no2)CC1.